The van der Waals surface area contributed by atoms with Crippen LogP contribution < -0.4 is 10.6 Å². The van der Waals surface area contributed by atoms with Gasteiger partial charge >= 0.3 is 5.97 Å². The highest BCUT2D eigenvalue weighted by Crippen LogP contribution is 2.17. The second-order valence-electron chi connectivity index (χ2n) is 5.06. The topological polar surface area (TPSA) is 87.7 Å². The van der Waals surface area contributed by atoms with Crippen LogP contribution in [0.25, 0.3) is 0 Å². The van der Waals surface area contributed by atoms with E-state index in [1.807, 2.05) is 6.92 Å². The summed E-state index contributed by atoms with van der Waals surface area (Å²) < 4.78 is 5.36. The molecule has 2 atom stereocenters. The summed E-state index contributed by atoms with van der Waals surface area (Å²) in [6.07, 6.45) is -0.0206. The molecule has 1 aromatic rings. The fraction of sp³-hybridized carbons (Fsp3) is 0.467. The summed E-state index contributed by atoms with van der Waals surface area (Å²) in [6.45, 7) is 3.75. The molecule has 0 spiro atoms. The number of hydrogen-bond acceptors (Lipinski definition) is 4. The van der Waals surface area contributed by atoms with Crippen molar-refractivity contribution in [1.29, 1.82) is 0 Å². The summed E-state index contributed by atoms with van der Waals surface area (Å²) >= 11 is 0. The van der Waals surface area contributed by atoms with Crippen molar-refractivity contribution in [1.82, 2.24) is 5.32 Å². The van der Waals surface area contributed by atoms with Crippen molar-refractivity contribution in [3.63, 3.8) is 0 Å². The first-order valence-electron chi connectivity index (χ1n) is 7.03. The second kappa shape index (κ2) is 7.19. The van der Waals surface area contributed by atoms with Crippen LogP contribution in [-0.4, -0.2) is 42.8 Å². The maximum absolute atomic E-state index is 12.2. The third kappa shape index (κ3) is 4.27. The lowest BCUT2D eigenvalue weighted by Crippen LogP contribution is -2.41. The van der Waals surface area contributed by atoms with E-state index in [1.54, 1.807) is 24.3 Å². The third-order valence-corrected chi connectivity index (χ3v) is 3.46. The van der Waals surface area contributed by atoms with Gasteiger partial charge in [0.2, 0.25) is 5.91 Å². The summed E-state index contributed by atoms with van der Waals surface area (Å²) in [7, 11) is 0. The number of amides is 1. The van der Waals surface area contributed by atoms with Crippen molar-refractivity contribution in [3.05, 3.63) is 29.8 Å². The molecular weight excluding hydrogens is 272 g/mol. The summed E-state index contributed by atoms with van der Waals surface area (Å²) in [5.74, 6) is -1.16. The molecule has 1 amide bonds. The summed E-state index contributed by atoms with van der Waals surface area (Å²) in [5.41, 5.74) is 1.37. The van der Waals surface area contributed by atoms with Crippen molar-refractivity contribution >= 4 is 17.6 Å². The van der Waals surface area contributed by atoms with Crippen LogP contribution in [0, 0.1) is 5.92 Å². The zero-order valence-corrected chi connectivity index (χ0v) is 12.0. The Balaban J connectivity index is 1.94. The van der Waals surface area contributed by atoms with Crippen molar-refractivity contribution < 1.29 is 19.4 Å². The highest BCUT2D eigenvalue weighted by molar-refractivity contribution is 5.93. The Labute approximate surface area is 123 Å². The first-order chi connectivity index (χ1) is 10.1. The Hall–Kier alpha value is -1.92. The van der Waals surface area contributed by atoms with Gasteiger partial charge < -0.3 is 20.5 Å². The van der Waals surface area contributed by atoms with Crippen molar-refractivity contribution in [2.75, 3.05) is 25.1 Å². The number of benzene rings is 1. The van der Waals surface area contributed by atoms with Gasteiger partial charge in [-0.3, -0.25) is 9.59 Å². The minimum Gasteiger partial charge on any atom is -0.481 e. The van der Waals surface area contributed by atoms with Crippen LogP contribution in [0.5, 0.6) is 0 Å². The van der Waals surface area contributed by atoms with Gasteiger partial charge in [-0.25, -0.2) is 0 Å². The number of carboxylic acids is 1. The smallest absolute Gasteiger partial charge is 0.307 e. The maximum atomic E-state index is 12.2. The van der Waals surface area contributed by atoms with E-state index in [0.717, 1.165) is 6.54 Å². The highest BCUT2D eigenvalue weighted by atomic mass is 16.5. The second-order valence-corrected chi connectivity index (χ2v) is 5.06. The first kappa shape index (κ1) is 15.5. The largest absolute Gasteiger partial charge is 0.481 e. The van der Waals surface area contributed by atoms with Crippen LogP contribution in [0.15, 0.2) is 24.3 Å². The summed E-state index contributed by atoms with van der Waals surface area (Å²) in [5, 5.41) is 14.8. The molecule has 3 N–H and O–H groups in total. The van der Waals surface area contributed by atoms with Crippen LogP contribution in [-0.2, 0) is 20.7 Å². The number of likely N-dealkylation sites (N-methyl/N-ethyl adjacent to an activating group) is 1. The van der Waals surface area contributed by atoms with Gasteiger partial charge in [-0.1, -0.05) is 19.1 Å². The molecule has 2 unspecified atom stereocenters. The molecule has 0 bridgehead atoms. The van der Waals surface area contributed by atoms with Crippen LogP contribution in [0.2, 0.25) is 0 Å². The molecule has 2 rings (SSSR count). The van der Waals surface area contributed by atoms with Gasteiger partial charge in [0.25, 0.3) is 0 Å². The predicted octanol–water partition coefficient (Wildman–Crippen LogP) is 0.877. The van der Waals surface area contributed by atoms with E-state index in [2.05, 4.69) is 10.6 Å². The Bertz CT molecular complexity index is 501. The Kier molecular flexibility index (Phi) is 5.30. The first-order valence-corrected chi connectivity index (χ1v) is 7.03. The average molecular weight is 292 g/mol. The number of hydrogen-bond donors (Lipinski definition) is 3. The van der Waals surface area contributed by atoms with Gasteiger partial charge in [0.15, 0.2) is 0 Å². The molecule has 0 aliphatic carbocycles. The van der Waals surface area contributed by atoms with E-state index in [-0.39, 0.29) is 24.3 Å². The van der Waals surface area contributed by atoms with E-state index >= 15 is 0 Å². The molecule has 1 aliphatic heterocycles. The van der Waals surface area contributed by atoms with Crippen molar-refractivity contribution in [3.8, 4) is 0 Å². The Morgan fingerprint density at radius 1 is 1.29 bits per heavy atom. The lowest BCUT2D eigenvalue weighted by Gasteiger charge is -2.17. The number of aliphatic carboxylic acids is 1. The number of anilines is 1. The standard InChI is InChI=1S/C15H20N2O4/c1-2-16-13-9-21-8-12(13)15(20)17-11-5-3-10(4-6-11)7-14(18)19/h3-6,12-13,16H,2,7-9H2,1H3,(H,17,20)(H,18,19). The molecule has 1 fully saturated rings. The van der Waals surface area contributed by atoms with Crippen LogP contribution in [0.3, 0.4) is 0 Å². The molecule has 1 aromatic carbocycles. The normalized spacial score (nSPS) is 21.2. The number of carbonyl (C=O) groups is 2. The lowest BCUT2D eigenvalue weighted by molar-refractivity contribution is -0.136. The number of nitrogens with one attached hydrogen (secondary N) is 2. The monoisotopic (exact) mass is 292 g/mol. The number of ether oxygens (including phenoxy) is 1. The number of carboxylic acid groups (broad SMARTS) is 1. The molecule has 1 aliphatic rings. The van der Waals surface area contributed by atoms with Crippen LogP contribution in [0.1, 0.15) is 12.5 Å². The molecule has 1 saturated heterocycles. The van der Waals surface area contributed by atoms with Gasteiger partial charge in [0, 0.05) is 11.7 Å². The Morgan fingerprint density at radius 3 is 2.62 bits per heavy atom. The quantitative estimate of drug-likeness (QED) is 0.724. The van der Waals surface area contributed by atoms with Crippen molar-refractivity contribution in [2.24, 2.45) is 5.92 Å². The van der Waals surface area contributed by atoms with Crippen molar-refractivity contribution in [2.45, 2.75) is 19.4 Å². The van der Waals surface area contributed by atoms with E-state index in [9.17, 15) is 9.59 Å². The molecule has 0 aromatic heterocycles. The molecule has 114 valence electrons. The van der Waals surface area contributed by atoms with Gasteiger partial charge in [-0.05, 0) is 24.2 Å². The van der Waals surface area contributed by atoms with Gasteiger partial charge in [0.1, 0.15) is 0 Å². The maximum Gasteiger partial charge on any atom is 0.307 e. The van der Waals surface area contributed by atoms with Gasteiger partial charge in [0.05, 0.1) is 25.6 Å². The van der Waals surface area contributed by atoms with Crippen LogP contribution in [0.4, 0.5) is 5.69 Å². The van der Waals surface area contributed by atoms with Gasteiger partial charge in [-0.2, -0.15) is 0 Å². The molecule has 0 saturated carbocycles. The van der Waals surface area contributed by atoms with E-state index in [0.29, 0.717) is 24.5 Å². The summed E-state index contributed by atoms with van der Waals surface area (Å²) in [6, 6.07) is 6.89. The van der Waals surface area contributed by atoms with Crippen LogP contribution >= 0.6 is 0 Å². The average Bonchev–Trinajstić information content (AvgIpc) is 2.89. The van der Waals surface area contributed by atoms with E-state index in [1.165, 1.54) is 0 Å². The van der Waals surface area contributed by atoms with E-state index in [4.69, 9.17) is 9.84 Å². The molecule has 6 nitrogen and oxygen atoms in total. The molecule has 1 heterocycles. The lowest BCUT2D eigenvalue weighted by atomic mass is 10.0. The zero-order chi connectivity index (χ0) is 15.2. The van der Waals surface area contributed by atoms with Gasteiger partial charge in [-0.15, -0.1) is 0 Å². The fourth-order valence-electron chi connectivity index (χ4n) is 2.39. The van der Waals surface area contributed by atoms with E-state index < -0.39 is 5.97 Å². The minimum atomic E-state index is -0.872. The predicted molar refractivity (Wildman–Crippen MR) is 78.2 cm³/mol. The Morgan fingerprint density at radius 2 is 2.00 bits per heavy atom. The zero-order valence-electron chi connectivity index (χ0n) is 12.0. The molecule has 6 heteroatoms. The molecule has 0 radical (unpaired) electrons. The molecule has 21 heavy (non-hydrogen) atoms. The number of carbonyl (C=O) groups excluding carboxylic acids is 1. The fourth-order valence-corrected chi connectivity index (χ4v) is 2.39. The highest BCUT2D eigenvalue weighted by Gasteiger charge is 2.33. The molecular formula is C15H20N2O4. The number of rotatable bonds is 6. The summed E-state index contributed by atoms with van der Waals surface area (Å²) in [4.78, 5) is 22.8. The third-order valence-electron chi connectivity index (χ3n) is 3.46. The minimum absolute atomic E-state index is 0.0206. The SMILES string of the molecule is CCNC1COCC1C(=O)Nc1ccc(CC(=O)O)cc1.